The average molecular weight is 1500 g/mol. The second-order valence-electron chi connectivity index (χ2n) is 27.0. The van der Waals surface area contributed by atoms with E-state index in [2.05, 4.69) is 149 Å². The second kappa shape index (κ2) is 76.6. The molecule has 0 aromatic heterocycles. The fourth-order valence-corrected chi connectivity index (χ4v) is 12.3. The molecule has 0 aliphatic heterocycles. The van der Waals surface area contributed by atoms with E-state index < -0.39 is 97.5 Å². The van der Waals surface area contributed by atoms with Crippen molar-refractivity contribution in [3.05, 3.63) is 122 Å². The molecule has 0 radical (unpaired) electrons. The van der Waals surface area contributed by atoms with Crippen molar-refractivity contribution in [3.63, 3.8) is 0 Å². The molecule has 0 aromatic rings. The van der Waals surface area contributed by atoms with Crippen LogP contribution in [0.1, 0.15) is 336 Å². The zero-order chi connectivity index (χ0) is 76.0. The molecule has 19 heteroatoms. The van der Waals surface area contributed by atoms with Gasteiger partial charge in [0.1, 0.15) is 19.3 Å². The van der Waals surface area contributed by atoms with E-state index in [-0.39, 0.29) is 25.7 Å². The zero-order valence-electron chi connectivity index (χ0n) is 65.4. The number of carbonyl (C=O) groups excluding carboxylic acids is 4. The maximum atomic E-state index is 13.1. The third-order valence-corrected chi connectivity index (χ3v) is 18.8. The van der Waals surface area contributed by atoms with Crippen LogP contribution in [0.15, 0.2) is 122 Å². The Morgan fingerprint density at radius 2 is 0.500 bits per heavy atom. The number of aliphatic hydroxyl groups excluding tert-OH is 1. The van der Waals surface area contributed by atoms with Gasteiger partial charge in [-0.3, -0.25) is 37.3 Å². The summed E-state index contributed by atoms with van der Waals surface area (Å²) >= 11 is 0. The van der Waals surface area contributed by atoms with E-state index in [0.717, 1.165) is 173 Å². The molecule has 104 heavy (non-hydrogen) atoms. The molecular weight excluding hydrogens is 1350 g/mol. The minimum Gasteiger partial charge on any atom is -0.462 e. The van der Waals surface area contributed by atoms with E-state index in [0.29, 0.717) is 32.1 Å². The number of ether oxygens (including phenoxy) is 4. The predicted molar refractivity (Wildman–Crippen MR) is 427 cm³/mol. The summed E-state index contributed by atoms with van der Waals surface area (Å²) in [5, 5.41) is 10.6. The lowest BCUT2D eigenvalue weighted by atomic mass is 10.1. The minimum atomic E-state index is -4.99. The fraction of sp³-hybridized carbons (Fsp3) is 0.718. The summed E-state index contributed by atoms with van der Waals surface area (Å²) in [5.41, 5.74) is 0. The number of unbranched alkanes of at least 4 members (excludes halogenated alkanes) is 30. The van der Waals surface area contributed by atoms with Crippen molar-refractivity contribution in [2.24, 2.45) is 0 Å². The quantitative estimate of drug-likeness (QED) is 0.0169. The molecule has 0 aliphatic carbocycles. The van der Waals surface area contributed by atoms with E-state index in [4.69, 9.17) is 37.0 Å². The topological polar surface area (TPSA) is 237 Å². The van der Waals surface area contributed by atoms with Crippen molar-refractivity contribution in [1.29, 1.82) is 0 Å². The molecule has 17 nitrogen and oxygen atoms in total. The largest absolute Gasteiger partial charge is 0.472 e. The van der Waals surface area contributed by atoms with Crippen LogP contribution < -0.4 is 0 Å². The number of aliphatic hydroxyl groups is 1. The summed E-state index contributed by atoms with van der Waals surface area (Å²) < 4.78 is 68.6. The van der Waals surface area contributed by atoms with Gasteiger partial charge in [0.2, 0.25) is 0 Å². The molecule has 0 aliphatic rings. The Bertz CT molecular complexity index is 2440. The first-order valence-corrected chi connectivity index (χ1v) is 43.8. The first kappa shape index (κ1) is 99.5. The molecule has 0 saturated carbocycles. The lowest BCUT2D eigenvalue weighted by molar-refractivity contribution is -0.161. The summed E-state index contributed by atoms with van der Waals surface area (Å²) in [4.78, 5) is 73.0. The van der Waals surface area contributed by atoms with Gasteiger partial charge in [-0.1, -0.05) is 290 Å². The van der Waals surface area contributed by atoms with Crippen molar-refractivity contribution in [2.45, 2.75) is 354 Å². The molecule has 5 unspecified atom stereocenters. The maximum Gasteiger partial charge on any atom is 0.472 e. The second-order valence-corrected chi connectivity index (χ2v) is 29.9. The van der Waals surface area contributed by atoms with Crippen LogP contribution in [0.3, 0.4) is 0 Å². The van der Waals surface area contributed by atoms with E-state index in [9.17, 15) is 43.2 Å². The molecule has 0 amide bonds. The highest BCUT2D eigenvalue weighted by molar-refractivity contribution is 7.47. The molecule has 0 spiro atoms. The molecule has 3 N–H and O–H groups in total. The molecule has 0 fully saturated rings. The Labute approximate surface area is 632 Å². The highest BCUT2D eigenvalue weighted by atomic mass is 31.2. The lowest BCUT2D eigenvalue weighted by Gasteiger charge is -2.21. The van der Waals surface area contributed by atoms with Crippen LogP contribution in [0.25, 0.3) is 0 Å². The van der Waals surface area contributed by atoms with Gasteiger partial charge in [0.15, 0.2) is 12.2 Å². The Kier molecular flexibility index (Phi) is 73.3. The van der Waals surface area contributed by atoms with Crippen LogP contribution in [-0.2, 0) is 65.4 Å². The van der Waals surface area contributed by atoms with E-state index in [1.165, 1.54) is 77.0 Å². The molecule has 0 bridgehead atoms. The van der Waals surface area contributed by atoms with Crippen LogP contribution >= 0.6 is 15.6 Å². The number of phosphoric ester groups is 2. The van der Waals surface area contributed by atoms with E-state index >= 15 is 0 Å². The normalized spacial score (nSPS) is 14.5. The molecule has 0 aromatic carbocycles. The highest BCUT2D eigenvalue weighted by Crippen LogP contribution is 2.45. The van der Waals surface area contributed by atoms with Gasteiger partial charge >= 0.3 is 39.5 Å². The first-order valence-electron chi connectivity index (χ1n) is 40.8. The van der Waals surface area contributed by atoms with Crippen LogP contribution in [-0.4, -0.2) is 96.7 Å². The van der Waals surface area contributed by atoms with Crippen molar-refractivity contribution in [2.75, 3.05) is 39.6 Å². The molecule has 0 heterocycles. The minimum absolute atomic E-state index is 0.0379. The average Bonchev–Trinajstić information content (AvgIpc) is 0.924. The van der Waals surface area contributed by atoms with E-state index in [1.807, 2.05) is 0 Å². The lowest BCUT2D eigenvalue weighted by Crippen LogP contribution is -2.30. The summed E-state index contributed by atoms with van der Waals surface area (Å²) in [5.74, 6) is -2.24. The standard InChI is InChI=1S/C85H146O17P2/c1-5-9-13-17-21-25-29-32-35-37-39-41-44-46-50-53-57-61-65-69-82(87)95-75-80(101-84(89)71-67-63-59-55-49-28-24-20-16-12-8-4)77-99-103(91,92)97-73-79(86)74-98-104(93,94)100-78-81(102-85(90)72-68-64-60-56-52-48-43-34-31-27-23-19-15-11-7-3)76-96-83(88)70-66-62-58-54-51-47-45-42-40-38-36-33-30-26-22-18-14-10-6-2/h11,15,21-23,25-27,32-36,39-43,52,56,79-81,86H,5-10,12-14,16-20,24,28-31,37-38,44-51,53-55,57-78H2,1-4H3,(H,91,92)(H,93,94)/b15-11-,25-21-,26-22-,27-23-,35-32-,36-33-,41-39-,42-40-,43-34-,56-52-. The smallest absolute Gasteiger partial charge is 0.462 e. The third-order valence-electron chi connectivity index (χ3n) is 16.9. The van der Waals surface area contributed by atoms with Crippen LogP contribution in [0.5, 0.6) is 0 Å². The Hall–Kier alpha value is -4.54. The predicted octanol–water partition coefficient (Wildman–Crippen LogP) is 23.9. The zero-order valence-corrected chi connectivity index (χ0v) is 67.2. The van der Waals surface area contributed by atoms with Crippen molar-refractivity contribution in [3.8, 4) is 0 Å². The van der Waals surface area contributed by atoms with Gasteiger partial charge in [0.25, 0.3) is 0 Å². The number of carbonyl (C=O) groups is 4. The van der Waals surface area contributed by atoms with Gasteiger partial charge in [0.05, 0.1) is 26.4 Å². The summed E-state index contributed by atoms with van der Waals surface area (Å²) in [6.07, 6.45) is 84.6. The number of phosphoric acid groups is 2. The number of rotatable bonds is 76. The molecule has 5 atom stereocenters. The van der Waals surface area contributed by atoms with E-state index in [1.54, 1.807) is 0 Å². The third kappa shape index (κ3) is 75.7. The van der Waals surface area contributed by atoms with Gasteiger partial charge in [-0.15, -0.1) is 0 Å². The summed E-state index contributed by atoms with van der Waals surface area (Å²) in [6, 6.07) is 0. The van der Waals surface area contributed by atoms with Gasteiger partial charge in [0, 0.05) is 25.7 Å². The Morgan fingerprint density at radius 3 is 0.808 bits per heavy atom. The number of allylic oxidation sites excluding steroid dienone is 20. The van der Waals surface area contributed by atoms with Crippen LogP contribution in [0.2, 0.25) is 0 Å². The van der Waals surface area contributed by atoms with Gasteiger partial charge in [-0.05, 0) is 141 Å². The molecule has 0 rings (SSSR count). The molecular formula is C85H146O17P2. The number of esters is 4. The number of hydrogen-bond donors (Lipinski definition) is 3. The van der Waals surface area contributed by atoms with Gasteiger partial charge in [-0.2, -0.15) is 0 Å². The Morgan fingerprint density at radius 1 is 0.279 bits per heavy atom. The fourth-order valence-electron chi connectivity index (χ4n) is 10.7. The van der Waals surface area contributed by atoms with Crippen molar-refractivity contribution >= 4 is 39.5 Å². The molecule has 598 valence electrons. The van der Waals surface area contributed by atoms with Gasteiger partial charge < -0.3 is 33.8 Å². The Balaban J connectivity index is 5.36. The monoisotopic (exact) mass is 1500 g/mol. The van der Waals surface area contributed by atoms with Crippen LogP contribution in [0, 0.1) is 0 Å². The number of hydrogen-bond acceptors (Lipinski definition) is 15. The SMILES string of the molecule is CC/C=C\C/C=C\C/C=C\C/C=C\CCCCC(=O)OC(COC(=O)CCCCCCCC/C=C\C/C=C\C/C=C\CCCCC)COP(=O)(O)OCC(O)COP(=O)(O)OCC(COC(=O)CCCCCCCC/C=C\C/C=C\C/C=C\CCCCC)OC(=O)CCCCCCCCCCCCC. The summed E-state index contributed by atoms with van der Waals surface area (Å²) in [6.45, 7) is 4.65. The highest BCUT2D eigenvalue weighted by Gasteiger charge is 2.30. The van der Waals surface area contributed by atoms with Crippen LogP contribution in [0.4, 0.5) is 0 Å². The van der Waals surface area contributed by atoms with Gasteiger partial charge in [-0.25, -0.2) is 9.13 Å². The van der Waals surface area contributed by atoms with Crippen molar-refractivity contribution in [1.82, 2.24) is 0 Å². The maximum absolute atomic E-state index is 13.1. The molecule has 0 saturated heterocycles. The first-order chi connectivity index (χ1) is 50.7. The van der Waals surface area contributed by atoms with Crippen molar-refractivity contribution < 1.29 is 80.2 Å². The summed E-state index contributed by atoms with van der Waals surface area (Å²) in [7, 11) is -9.98.